The molecule has 1 aromatic carbocycles. The van der Waals surface area contributed by atoms with Crippen LogP contribution in [0.4, 0.5) is 4.39 Å². The summed E-state index contributed by atoms with van der Waals surface area (Å²) >= 11 is 0. The molecule has 1 fully saturated rings. The molecule has 0 radical (unpaired) electrons. The van der Waals surface area contributed by atoms with Gasteiger partial charge >= 0.3 is 0 Å². The molecular formula is C26H36FN. The van der Waals surface area contributed by atoms with E-state index in [4.69, 9.17) is 4.98 Å². The van der Waals surface area contributed by atoms with Gasteiger partial charge in [0, 0.05) is 17.3 Å². The molecule has 1 atom stereocenters. The smallest absolute Gasteiger partial charge is 0.123 e. The predicted octanol–water partition coefficient (Wildman–Crippen LogP) is 7.81. The fourth-order valence-corrected chi connectivity index (χ4v) is 4.45. The third-order valence-corrected chi connectivity index (χ3v) is 6.04. The van der Waals surface area contributed by atoms with Crippen molar-refractivity contribution in [2.75, 3.05) is 0 Å². The summed E-state index contributed by atoms with van der Waals surface area (Å²) in [5, 5.41) is 0. The summed E-state index contributed by atoms with van der Waals surface area (Å²) in [5.74, 6) is 2.09. The molecule has 1 aliphatic carbocycles. The van der Waals surface area contributed by atoms with Gasteiger partial charge in [0.15, 0.2) is 0 Å². The quantitative estimate of drug-likeness (QED) is 0.476. The van der Waals surface area contributed by atoms with E-state index in [0.29, 0.717) is 29.6 Å². The zero-order valence-electron chi connectivity index (χ0n) is 18.6. The molecule has 1 aromatic heterocycles. The van der Waals surface area contributed by atoms with Crippen LogP contribution in [-0.4, -0.2) is 4.98 Å². The Kier molecular flexibility index (Phi) is 6.27. The Bertz CT molecular complexity index is 831. The lowest BCUT2D eigenvalue weighted by atomic mass is 9.82. The Morgan fingerprint density at radius 1 is 0.893 bits per heavy atom. The first-order valence-electron chi connectivity index (χ1n) is 11.0. The van der Waals surface area contributed by atoms with E-state index in [9.17, 15) is 4.39 Å². The van der Waals surface area contributed by atoms with Crippen molar-refractivity contribution >= 4 is 0 Å². The molecule has 28 heavy (non-hydrogen) atoms. The van der Waals surface area contributed by atoms with Gasteiger partial charge in [-0.2, -0.15) is 0 Å². The van der Waals surface area contributed by atoms with Crippen molar-refractivity contribution in [1.82, 2.24) is 4.98 Å². The SMILES string of the molecule is CC(C)c1cc(F)ccc1C(C)Cc1cc(C2CC2)nc(C(C)C)c1C(C)C. The molecular weight excluding hydrogens is 345 g/mol. The van der Waals surface area contributed by atoms with Crippen molar-refractivity contribution in [2.45, 2.75) is 97.3 Å². The molecule has 0 saturated heterocycles. The van der Waals surface area contributed by atoms with Crippen molar-refractivity contribution in [3.63, 3.8) is 0 Å². The predicted molar refractivity (Wildman–Crippen MR) is 117 cm³/mol. The standard InChI is InChI=1S/C26H36FN/c1-15(2)23-14-21(27)10-11-22(23)18(7)12-20-13-24(19-8-9-19)28-26(17(5)6)25(20)16(3)4/h10-11,13-19H,8-9,12H2,1-7H3. The highest BCUT2D eigenvalue weighted by atomic mass is 19.1. The molecule has 2 aromatic rings. The highest BCUT2D eigenvalue weighted by molar-refractivity contribution is 5.41. The summed E-state index contributed by atoms with van der Waals surface area (Å²) in [6, 6.07) is 7.72. The van der Waals surface area contributed by atoms with E-state index in [1.807, 2.05) is 6.07 Å². The number of nitrogens with zero attached hydrogens (tertiary/aromatic N) is 1. The van der Waals surface area contributed by atoms with Crippen LogP contribution >= 0.6 is 0 Å². The topological polar surface area (TPSA) is 12.9 Å². The first kappa shape index (κ1) is 21.0. The first-order valence-corrected chi connectivity index (χ1v) is 11.0. The Labute approximate surface area is 170 Å². The van der Waals surface area contributed by atoms with Crippen LogP contribution in [0.5, 0.6) is 0 Å². The minimum atomic E-state index is -0.135. The van der Waals surface area contributed by atoms with Crippen molar-refractivity contribution in [3.8, 4) is 0 Å². The number of pyridine rings is 1. The summed E-state index contributed by atoms with van der Waals surface area (Å²) in [6.45, 7) is 15.7. The number of rotatable bonds is 7. The van der Waals surface area contributed by atoms with Crippen LogP contribution in [-0.2, 0) is 6.42 Å². The highest BCUT2D eigenvalue weighted by Crippen LogP contribution is 2.42. The van der Waals surface area contributed by atoms with Crippen LogP contribution in [0.25, 0.3) is 0 Å². The van der Waals surface area contributed by atoms with Crippen LogP contribution in [0, 0.1) is 5.82 Å². The van der Waals surface area contributed by atoms with Gasteiger partial charge in [-0.1, -0.05) is 54.5 Å². The molecule has 1 unspecified atom stereocenters. The maximum Gasteiger partial charge on any atom is 0.123 e. The second kappa shape index (κ2) is 8.35. The van der Waals surface area contributed by atoms with Crippen LogP contribution in [0.2, 0.25) is 0 Å². The molecule has 1 aliphatic rings. The minimum absolute atomic E-state index is 0.135. The Morgan fingerprint density at radius 2 is 1.57 bits per heavy atom. The van der Waals surface area contributed by atoms with Gasteiger partial charge in [0.05, 0.1) is 0 Å². The summed E-state index contributed by atoms with van der Waals surface area (Å²) in [6.07, 6.45) is 3.53. The number of hydrogen-bond acceptors (Lipinski definition) is 1. The van der Waals surface area contributed by atoms with Crippen LogP contribution in [0.3, 0.4) is 0 Å². The molecule has 152 valence electrons. The van der Waals surface area contributed by atoms with Crippen molar-refractivity contribution < 1.29 is 4.39 Å². The molecule has 0 N–H and O–H groups in total. The largest absolute Gasteiger partial charge is 0.257 e. The molecule has 1 nitrogen and oxygen atoms in total. The first-order chi connectivity index (χ1) is 13.2. The van der Waals surface area contributed by atoms with E-state index in [0.717, 1.165) is 12.0 Å². The van der Waals surface area contributed by atoms with Gasteiger partial charge < -0.3 is 0 Å². The van der Waals surface area contributed by atoms with E-state index in [1.165, 1.54) is 40.9 Å². The zero-order valence-corrected chi connectivity index (χ0v) is 18.6. The zero-order chi connectivity index (χ0) is 20.6. The van der Waals surface area contributed by atoms with Gasteiger partial charge in [-0.05, 0) is 83.4 Å². The van der Waals surface area contributed by atoms with Gasteiger partial charge in [-0.15, -0.1) is 0 Å². The van der Waals surface area contributed by atoms with Gasteiger partial charge in [0.1, 0.15) is 5.82 Å². The van der Waals surface area contributed by atoms with E-state index < -0.39 is 0 Å². The van der Waals surface area contributed by atoms with Crippen LogP contribution in [0.1, 0.15) is 125 Å². The number of halogens is 1. The van der Waals surface area contributed by atoms with Crippen molar-refractivity contribution in [3.05, 3.63) is 63.7 Å². The molecule has 2 heteroatoms. The van der Waals surface area contributed by atoms with E-state index in [2.05, 4.69) is 54.5 Å². The van der Waals surface area contributed by atoms with Gasteiger partial charge in [0.25, 0.3) is 0 Å². The third-order valence-electron chi connectivity index (χ3n) is 6.04. The molecule has 1 saturated carbocycles. The molecule has 0 spiro atoms. The fourth-order valence-electron chi connectivity index (χ4n) is 4.45. The second-order valence-corrected chi connectivity index (χ2v) is 9.62. The normalized spacial score (nSPS) is 15.7. The molecule has 3 rings (SSSR count). The Balaban J connectivity index is 2.04. The average Bonchev–Trinajstić information content (AvgIpc) is 3.45. The maximum atomic E-state index is 13.8. The Hall–Kier alpha value is -1.70. The Morgan fingerprint density at radius 3 is 2.11 bits per heavy atom. The summed E-state index contributed by atoms with van der Waals surface area (Å²) in [4.78, 5) is 5.10. The monoisotopic (exact) mass is 381 g/mol. The average molecular weight is 382 g/mol. The summed E-state index contributed by atoms with van der Waals surface area (Å²) in [7, 11) is 0. The lowest BCUT2D eigenvalue weighted by Crippen LogP contribution is -2.12. The van der Waals surface area contributed by atoms with Crippen LogP contribution in [0.15, 0.2) is 24.3 Å². The van der Waals surface area contributed by atoms with Crippen molar-refractivity contribution in [2.24, 2.45) is 0 Å². The fraction of sp³-hybridized carbons (Fsp3) is 0.577. The van der Waals surface area contributed by atoms with E-state index >= 15 is 0 Å². The summed E-state index contributed by atoms with van der Waals surface area (Å²) < 4.78 is 13.8. The number of benzene rings is 1. The van der Waals surface area contributed by atoms with E-state index in [-0.39, 0.29) is 5.82 Å². The minimum Gasteiger partial charge on any atom is -0.257 e. The second-order valence-electron chi connectivity index (χ2n) is 9.62. The number of hydrogen-bond donors (Lipinski definition) is 0. The van der Waals surface area contributed by atoms with Crippen LogP contribution < -0.4 is 0 Å². The van der Waals surface area contributed by atoms with Crippen molar-refractivity contribution in [1.29, 1.82) is 0 Å². The maximum absolute atomic E-state index is 13.8. The van der Waals surface area contributed by atoms with E-state index in [1.54, 1.807) is 12.1 Å². The van der Waals surface area contributed by atoms with Gasteiger partial charge in [-0.3, -0.25) is 4.98 Å². The molecule has 1 heterocycles. The lowest BCUT2D eigenvalue weighted by Gasteiger charge is -2.24. The van der Waals surface area contributed by atoms with Gasteiger partial charge in [0.2, 0.25) is 0 Å². The molecule has 0 aliphatic heterocycles. The molecule has 0 bridgehead atoms. The number of aromatic nitrogens is 1. The highest BCUT2D eigenvalue weighted by Gasteiger charge is 2.28. The third kappa shape index (κ3) is 4.47. The molecule has 0 amide bonds. The van der Waals surface area contributed by atoms with Gasteiger partial charge in [-0.25, -0.2) is 4.39 Å². The summed E-state index contributed by atoms with van der Waals surface area (Å²) in [5.41, 5.74) is 7.87. The lowest BCUT2D eigenvalue weighted by molar-refractivity contribution is 0.617.